The van der Waals surface area contributed by atoms with Crippen molar-refractivity contribution in [2.45, 2.75) is 19.4 Å². The first kappa shape index (κ1) is 12.1. The second-order valence-electron chi connectivity index (χ2n) is 4.43. The van der Waals surface area contributed by atoms with Crippen molar-refractivity contribution in [3.05, 3.63) is 44.6 Å². The maximum atomic E-state index is 5.51. The molecule has 0 amide bonds. The third-order valence-electron chi connectivity index (χ3n) is 3.09. The van der Waals surface area contributed by atoms with Crippen LogP contribution in [0.25, 0.3) is 0 Å². The van der Waals surface area contributed by atoms with Crippen LogP contribution in [0.5, 0.6) is 5.75 Å². The monoisotopic (exact) mass is 323 g/mol. The fraction of sp³-hybridized carbons (Fsp3) is 0.286. The maximum absolute atomic E-state index is 5.51. The maximum Gasteiger partial charge on any atom is 0.122 e. The van der Waals surface area contributed by atoms with Crippen molar-refractivity contribution in [3.63, 3.8) is 0 Å². The van der Waals surface area contributed by atoms with Gasteiger partial charge in [-0.1, -0.05) is 0 Å². The number of anilines is 1. The third kappa shape index (κ3) is 2.40. The second-order valence-corrected chi connectivity index (χ2v) is 6.92. The molecule has 0 fully saturated rings. The summed E-state index contributed by atoms with van der Waals surface area (Å²) in [6, 6.07) is 10.9. The molecule has 18 heavy (non-hydrogen) atoms. The summed E-state index contributed by atoms with van der Waals surface area (Å²) in [5.74, 6) is 1.03. The Kier molecular flexibility index (Phi) is 3.31. The van der Waals surface area contributed by atoms with Gasteiger partial charge in [-0.25, -0.2) is 0 Å². The lowest BCUT2D eigenvalue weighted by Gasteiger charge is -2.14. The molecule has 4 heteroatoms. The van der Waals surface area contributed by atoms with E-state index in [1.807, 2.05) is 0 Å². The van der Waals surface area contributed by atoms with E-state index in [1.54, 1.807) is 11.3 Å². The Morgan fingerprint density at radius 2 is 2.22 bits per heavy atom. The first-order chi connectivity index (χ1) is 8.72. The summed E-state index contributed by atoms with van der Waals surface area (Å²) in [7, 11) is 0. The van der Waals surface area contributed by atoms with Crippen LogP contribution in [0.4, 0.5) is 5.69 Å². The molecule has 1 aliphatic rings. The molecule has 2 nitrogen and oxygen atoms in total. The largest absolute Gasteiger partial charge is 0.493 e. The van der Waals surface area contributed by atoms with Crippen molar-refractivity contribution in [1.29, 1.82) is 0 Å². The molecular formula is C14H14BrNOS. The van der Waals surface area contributed by atoms with Gasteiger partial charge in [0.2, 0.25) is 0 Å². The molecule has 2 aromatic rings. The van der Waals surface area contributed by atoms with Gasteiger partial charge in [-0.15, -0.1) is 11.3 Å². The van der Waals surface area contributed by atoms with Crippen molar-refractivity contribution < 1.29 is 4.74 Å². The highest BCUT2D eigenvalue weighted by molar-refractivity contribution is 9.11. The van der Waals surface area contributed by atoms with Crippen LogP contribution in [0, 0.1) is 0 Å². The van der Waals surface area contributed by atoms with Crippen molar-refractivity contribution in [1.82, 2.24) is 0 Å². The molecule has 0 radical (unpaired) electrons. The standard InChI is InChI=1S/C14H14BrNOS/c1-9(13-4-5-14(15)18-13)16-11-2-3-12-10(8-11)6-7-17-12/h2-5,8-9,16H,6-7H2,1H3. The molecule has 0 spiro atoms. The van der Waals surface area contributed by atoms with Crippen LogP contribution < -0.4 is 10.1 Å². The number of hydrogen-bond donors (Lipinski definition) is 1. The second kappa shape index (κ2) is 4.94. The summed E-state index contributed by atoms with van der Waals surface area (Å²) in [6.45, 7) is 2.99. The lowest BCUT2D eigenvalue weighted by Crippen LogP contribution is -2.04. The van der Waals surface area contributed by atoms with E-state index in [0.29, 0.717) is 6.04 Å². The van der Waals surface area contributed by atoms with Gasteiger partial charge >= 0.3 is 0 Å². The van der Waals surface area contributed by atoms with Crippen LogP contribution in [0.1, 0.15) is 23.4 Å². The summed E-state index contributed by atoms with van der Waals surface area (Å²) < 4.78 is 6.69. The lowest BCUT2D eigenvalue weighted by molar-refractivity contribution is 0.357. The van der Waals surface area contributed by atoms with Gasteiger partial charge in [0.15, 0.2) is 0 Å². The van der Waals surface area contributed by atoms with Crippen LogP contribution >= 0.6 is 27.3 Å². The highest BCUT2D eigenvalue weighted by Gasteiger charge is 2.13. The molecule has 1 atom stereocenters. The van der Waals surface area contributed by atoms with E-state index in [4.69, 9.17) is 4.74 Å². The van der Waals surface area contributed by atoms with E-state index < -0.39 is 0 Å². The number of hydrogen-bond acceptors (Lipinski definition) is 3. The molecule has 0 saturated heterocycles. The first-order valence-corrected chi connectivity index (χ1v) is 7.61. The van der Waals surface area contributed by atoms with Gasteiger partial charge < -0.3 is 10.1 Å². The molecule has 1 unspecified atom stereocenters. The minimum absolute atomic E-state index is 0.321. The summed E-state index contributed by atoms with van der Waals surface area (Å²) >= 11 is 5.27. The normalized spacial score (nSPS) is 15.0. The number of thiophene rings is 1. The molecule has 94 valence electrons. The molecule has 0 bridgehead atoms. The van der Waals surface area contributed by atoms with Crippen molar-refractivity contribution >= 4 is 33.0 Å². The molecular weight excluding hydrogens is 310 g/mol. The molecule has 3 rings (SSSR count). The fourth-order valence-corrected chi connectivity index (χ4v) is 3.58. The molecule has 0 saturated carbocycles. The van der Waals surface area contributed by atoms with E-state index in [-0.39, 0.29) is 0 Å². The van der Waals surface area contributed by atoms with Gasteiger partial charge in [0.25, 0.3) is 0 Å². The summed E-state index contributed by atoms with van der Waals surface area (Å²) in [5, 5.41) is 3.54. The number of fused-ring (bicyclic) bond motifs is 1. The quantitative estimate of drug-likeness (QED) is 0.889. The summed E-state index contributed by atoms with van der Waals surface area (Å²) in [5.41, 5.74) is 2.47. The number of halogens is 1. The SMILES string of the molecule is CC(Nc1ccc2c(c1)CCO2)c1ccc(Br)s1. The third-order valence-corrected chi connectivity index (χ3v) is 4.90. The van der Waals surface area contributed by atoms with Crippen LogP contribution in [-0.4, -0.2) is 6.61 Å². The van der Waals surface area contributed by atoms with Gasteiger partial charge in [-0.05, 0) is 58.7 Å². The average Bonchev–Trinajstić information content (AvgIpc) is 2.96. The predicted octanol–water partition coefficient (Wildman–Crippen LogP) is 4.62. The zero-order valence-electron chi connectivity index (χ0n) is 10.1. The minimum atomic E-state index is 0.321. The molecule has 2 heterocycles. The van der Waals surface area contributed by atoms with E-state index in [1.165, 1.54) is 14.2 Å². The minimum Gasteiger partial charge on any atom is -0.493 e. The van der Waals surface area contributed by atoms with Crippen molar-refractivity contribution in [2.75, 3.05) is 11.9 Å². The predicted molar refractivity (Wildman–Crippen MR) is 79.7 cm³/mol. The molecule has 1 N–H and O–H groups in total. The van der Waals surface area contributed by atoms with Gasteiger partial charge in [-0.3, -0.25) is 0 Å². The van der Waals surface area contributed by atoms with E-state index >= 15 is 0 Å². The number of ether oxygens (including phenoxy) is 1. The topological polar surface area (TPSA) is 21.3 Å². The molecule has 1 aromatic carbocycles. The van der Waals surface area contributed by atoms with Crippen LogP contribution in [0.3, 0.4) is 0 Å². The number of benzene rings is 1. The molecule has 0 aliphatic carbocycles. The first-order valence-electron chi connectivity index (χ1n) is 6.00. The van der Waals surface area contributed by atoms with Crippen LogP contribution in [-0.2, 0) is 6.42 Å². The van der Waals surface area contributed by atoms with Crippen molar-refractivity contribution in [3.8, 4) is 5.75 Å². The van der Waals surface area contributed by atoms with Crippen molar-refractivity contribution in [2.24, 2.45) is 0 Å². The average molecular weight is 324 g/mol. The summed E-state index contributed by atoms with van der Waals surface area (Å²) in [4.78, 5) is 1.33. The molecule has 1 aromatic heterocycles. The van der Waals surface area contributed by atoms with E-state index in [0.717, 1.165) is 24.5 Å². The highest BCUT2D eigenvalue weighted by Crippen LogP contribution is 2.32. The molecule has 1 aliphatic heterocycles. The van der Waals surface area contributed by atoms with Gasteiger partial charge in [0.05, 0.1) is 16.4 Å². The fourth-order valence-electron chi connectivity index (χ4n) is 2.16. The van der Waals surface area contributed by atoms with E-state index in [2.05, 4.69) is 58.5 Å². The Bertz CT molecular complexity index is 567. The van der Waals surface area contributed by atoms with Crippen LogP contribution in [0.15, 0.2) is 34.1 Å². The van der Waals surface area contributed by atoms with Gasteiger partial charge in [-0.2, -0.15) is 0 Å². The Balaban J connectivity index is 1.76. The van der Waals surface area contributed by atoms with Crippen LogP contribution in [0.2, 0.25) is 0 Å². The Labute approximate surface area is 119 Å². The van der Waals surface area contributed by atoms with E-state index in [9.17, 15) is 0 Å². The van der Waals surface area contributed by atoms with Gasteiger partial charge in [0, 0.05) is 17.0 Å². The number of rotatable bonds is 3. The van der Waals surface area contributed by atoms with Gasteiger partial charge in [0.1, 0.15) is 5.75 Å². The lowest BCUT2D eigenvalue weighted by atomic mass is 10.1. The summed E-state index contributed by atoms with van der Waals surface area (Å²) in [6.07, 6.45) is 1.02. The number of nitrogens with one attached hydrogen (secondary N) is 1. The smallest absolute Gasteiger partial charge is 0.122 e. The zero-order chi connectivity index (χ0) is 12.5. The Morgan fingerprint density at radius 1 is 1.33 bits per heavy atom. The Morgan fingerprint density at radius 3 is 3.00 bits per heavy atom. The Hall–Kier alpha value is -1.000. The highest BCUT2D eigenvalue weighted by atomic mass is 79.9. The zero-order valence-corrected chi connectivity index (χ0v) is 12.5.